The van der Waals surface area contributed by atoms with Crippen LogP contribution < -0.4 is 5.73 Å². The Hall–Kier alpha value is -1.58. The second-order valence-corrected chi connectivity index (χ2v) is 5.34. The van der Waals surface area contributed by atoms with Crippen LogP contribution in [0.3, 0.4) is 0 Å². The molecule has 1 aliphatic heterocycles. The van der Waals surface area contributed by atoms with E-state index in [-0.39, 0.29) is 5.91 Å². The molecular weight excluding hydrogens is 226 g/mol. The van der Waals surface area contributed by atoms with E-state index in [4.69, 9.17) is 5.73 Å². The third-order valence-electron chi connectivity index (χ3n) is 4.32. The number of carbonyl (C=O) groups is 1. The maximum atomic E-state index is 12.6. The van der Waals surface area contributed by atoms with Gasteiger partial charge in [-0.15, -0.1) is 0 Å². The minimum atomic E-state index is 0.0669. The molecule has 0 radical (unpaired) electrons. The molecule has 2 atom stereocenters. The molecule has 4 nitrogen and oxygen atoms in total. The van der Waals surface area contributed by atoms with Gasteiger partial charge in [0.25, 0.3) is 5.91 Å². The van der Waals surface area contributed by atoms with Crippen LogP contribution in [-0.4, -0.2) is 28.4 Å². The molecule has 0 spiro atoms. The smallest absolute Gasteiger partial charge is 0.257 e. The molecule has 1 saturated heterocycles. The van der Waals surface area contributed by atoms with Gasteiger partial charge in [0, 0.05) is 18.8 Å². The fourth-order valence-electron chi connectivity index (χ4n) is 3.46. The van der Waals surface area contributed by atoms with E-state index in [2.05, 4.69) is 4.98 Å². The number of piperidine rings is 1. The summed E-state index contributed by atoms with van der Waals surface area (Å²) in [6.45, 7) is 0.869. The van der Waals surface area contributed by atoms with E-state index in [0.29, 0.717) is 23.3 Å². The van der Waals surface area contributed by atoms with Crippen LogP contribution in [0, 0.1) is 5.92 Å². The van der Waals surface area contributed by atoms with Gasteiger partial charge in [0.1, 0.15) is 5.82 Å². The lowest BCUT2D eigenvalue weighted by Crippen LogP contribution is -2.46. The normalized spacial score (nSPS) is 27.0. The highest BCUT2D eigenvalue weighted by molar-refractivity contribution is 5.98. The first kappa shape index (κ1) is 11.5. The predicted molar refractivity (Wildman–Crippen MR) is 70.0 cm³/mol. The predicted octanol–water partition coefficient (Wildman–Crippen LogP) is 2.07. The summed E-state index contributed by atoms with van der Waals surface area (Å²) < 4.78 is 0. The van der Waals surface area contributed by atoms with Gasteiger partial charge in [-0.25, -0.2) is 4.98 Å². The van der Waals surface area contributed by atoms with Crippen molar-refractivity contribution in [2.75, 3.05) is 12.3 Å². The van der Waals surface area contributed by atoms with Gasteiger partial charge in [-0.05, 0) is 43.7 Å². The first-order valence-corrected chi connectivity index (χ1v) is 6.79. The SMILES string of the molecule is Nc1ncccc1C(=O)N1CCCC2CCCC21. The summed E-state index contributed by atoms with van der Waals surface area (Å²) in [5.74, 6) is 1.13. The molecule has 1 amide bonds. The second-order valence-electron chi connectivity index (χ2n) is 5.34. The molecule has 1 aromatic heterocycles. The van der Waals surface area contributed by atoms with Gasteiger partial charge in [0.15, 0.2) is 0 Å². The van der Waals surface area contributed by atoms with Crippen molar-refractivity contribution in [3.8, 4) is 0 Å². The van der Waals surface area contributed by atoms with Crippen molar-refractivity contribution >= 4 is 11.7 Å². The summed E-state index contributed by atoms with van der Waals surface area (Å²) in [5, 5.41) is 0. The lowest BCUT2D eigenvalue weighted by molar-refractivity contribution is 0.0549. The second kappa shape index (κ2) is 4.59. The Labute approximate surface area is 107 Å². The van der Waals surface area contributed by atoms with Crippen LogP contribution in [0.1, 0.15) is 42.5 Å². The van der Waals surface area contributed by atoms with Gasteiger partial charge >= 0.3 is 0 Å². The Morgan fingerprint density at radius 2 is 2.17 bits per heavy atom. The molecule has 1 aromatic rings. The number of nitrogens with zero attached hydrogens (tertiary/aromatic N) is 2. The molecule has 2 aliphatic rings. The molecule has 1 aliphatic carbocycles. The maximum absolute atomic E-state index is 12.6. The monoisotopic (exact) mass is 245 g/mol. The number of pyridine rings is 1. The Bertz CT molecular complexity index is 460. The van der Waals surface area contributed by atoms with E-state index in [1.165, 1.54) is 19.3 Å². The molecule has 3 rings (SSSR count). The minimum Gasteiger partial charge on any atom is -0.383 e. The molecule has 18 heavy (non-hydrogen) atoms. The third-order valence-corrected chi connectivity index (χ3v) is 4.32. The zero-order valence-electron chi connectivity index (χ0n) is 10.5. The van der Waals surface area contributed by atoms with Crippen molar-refractivity contribution in [2.45, 2.75) is 38.1 Å². The molecule has 0 aromatic carbocycles. The zero-order chi connectivity index (χ0) is 12.5. The van der Waals surface area contributed by atoms with E-state index >= 15 is 0 Å². The Morgan fingerprint density at radius 1 is 1.33 bits per heavy atom. The molecule has 2 N–H and O–H groups in total. The van der Waals surface area contributed by atoms with Crippen molar-refractivity contribution in [1.29, 1.82) is 0 Å². The van der Waals surface area contributed by atoms with Crippen LogP contribution >= 0.6 is 0 Å². The summed E-state index contributed by atoms with van der Waals surface area (Å²) in [6, 6.07) is 3.99. The summed E-state index contributed by atoms with van der Waals surface area (Å²) in [6.07, 6.45) is 7.69. The van der Waals surface area contributed by atoms with Crippen molar-refractivity contribution in [1.82, 2.24) is 9.88 Å². The number of aromatic nitrogens is 1. The Morgan fingerprint density at radius 3 is 3.00 bits per heavy atom. The fourth-order valence-corrected chi connectivity index (χ4v) is 3.46. The van der Waals surface area contributed by atoms with E-state index in [1.54, 1.807) is 18.3 Å². The number of nitrogens with two attached hydrogens (primary N) is 1. The first-order valence-electron chi connectivity index (χ1n) is 6.79. The number of amides is 1. The summed E-state index contributed by atoms with van der Waals surface area (Å²) in [5.41, 5.74) is 6.37. The highest BCUT2D eigenvalue weighted by Crippen LogP contribution is 2.37. The van der Waals surface area contributed by atoms with Crippen LogP contribution in [0.2, 0.25) is 0 Å². The van der Waals surface area contributed by atoms with E-state index in [1.807, 2.05) is 4.90 Å². The molecule has 2 unspecified atom stereocenters. The van der Waals surface area contributed by atoms with Gasteiger partial charge in [-0.1, -0.05) is 6.42 Å². The molecule has 2 heterocycles. The average molecular weight is 245 g/mol. The van der Waals surface area contributed by atoms with E-state index in [9.17, 15) is 4.79 Å². The summed E-state index contributed by atoms with van der Waals surface area (Å²) in [4.78, 5) is 18.6. The Kier molecular flexibility index (Phi) is 2.94. The first-order chi connectivity index (χ1) is 8.77. The van der Waals surface area contributed by atoms with Gasteiger partial charge in [-0.2, -0.15) is 0 Å². The number of rotatable bonds is 1. The van der Waals surface area contributed by atoms with Gasteiger partial charge in [-0.3, -0.25) is 4.79 Å². The fraction of sp³-hybridized carbons (Fsp3) is 0.571. The number of hydrogen-bond donors (Lipinski definition) is 1. The van der Waals surface area contributed by atoms with E-state index < -0.39 is 0 Å². The molecule has 96 valence electrons. The standard InChI is InChI=1S/C14H19N3O/c15-13-11(6-2-8-16-13)14(18)17-9-3-5-10-4-1-7-12(10)17/h2,6,8,10,12H,1,3-5,7,9H2,(H2,15,16). The Balaban J connectivity index is 1.86. The summed E-state index contributed by atoms with van der Waals surface area (Å²) in [7, 11) is 0. The minimum absolute atomic E-state index is 0.0669. The molecular formula is C14H19N3O. The molecule has 0 bridgehead atoms. The van der Waals surface area contributed by atoms with Crippen molar-refractivity contribution in [3.63, 3.8) is 0 Å². The molecule has 2 fully saturated rings. The summed E-state index contributed by atoms with van der Waals surface area (Å²) >= 11 is 0. The number of anilines is 1. The van der Waals surface area contributed by atoms with Crippen molar-refractivity contribution < 1.29 is 4.79 Å². The largest absolute Gasteiger partial charge is 0.383 e. The van der Waals surface area contributed by atoms with Crippen LogP contribution in [0.25, 0.3) is 0 Å². The highest BCUT2D eigenvalue weighted by Gasteiger charge is 2.37. The van der Waals surface area contributed by atoms with Crippen LogP contribution in [0.5, 0.6) is 0 Å². The molecule has 1 saturated carbocycles. The quantitative estimate of drug-likeness (QED) is 0.824. The van der Waals surface area contributed by atoms with Gasteiger partial charge < -0.3 is 10.6 Å². The number of carbonyl (C=O) groups excluding carboxylic acids is 1. The van der Waals surface area contributed by atoms with Crippen molar-refractivity contribution in [2.24, 2.45) is 5.92 Å². The number of nitrogen functional groups attached to an aromatic ring is 1. The number of fused-ring (bicyclic) bond motifs is 1. The topological polar surface area (TPSA) is 59.2 Å². The van der Waals surface area contributed by atoms with Crippen molar-refractivity contribution in [3.05, 3.63) is 23.9 Å². The van der Waals surface area contributed by atoms with Crippen LogP contribution in [-0.2, 0) is 0 Å². The highest BCUT2D eigenvalue weighted by atomic mass is 16.2. The lowest BCUT2D eigenvalue weighted by atomic mass is 9.91. The van der Waals surface area contributed by atoms with Gasteiger partial charge in [0.05, 0.1) is 5.56 Å². The lowest BCUT2D eigenvalue weighted by Gasteiger charge is -2.37. The van der Waals surface area contributed by atoms with E-state index in [0.717, 1.165) is 19.4 Å². The van der Waals surface area contributed by atoms with Crippen LogP contribution in [0.4, 0.5) is 5.82 Å². The zero-order valence-corrected chi connectivity index (χ0v) is 10.5. The molecule has 4 heteroatoms. The number of hydrogen-bond acceptors (Lipinski definition) is 3. The maximum Gasteiger partial charge on any atom is 0.257 e. The van der Waals surface area contributed by atoms with Crippen LogP contribution in [0.15, 0.2) is 18.3 Å². The van der Waals surface area contributed by atoms with Gasteiger partial charge in [0.2, 0.25) is 0 Å². The average Bonchev–Trinajstić information content (AvgIpc) is 2.86. The third kappa shape index (κ3) is 1.85. The number of likely N-dealkylation sites (tertiary alicyclic amines) is 1.